The van der Waals surface area contributed by atoms with Gasteiger partial charge in [0.25, 0.3) is 0 Å². The van der Waals surface area contributed by atoms with Crippen molar-refractivity contribution >= 4 is 18.1 Å². The Hall–Kier alpha value is -2.44. The minimum Gasteiger partial charge on any atom is -0.504 e. The lowest BCUT2D eigenvalue weighted by Gasteiger charge is -2.27. The number of phenolic OH excluding ortho intramolecular Hbond substituents is 2. The number of benzene rings is 1. The molecule has 0 aromatic heterocycles. The number of methoxy groups -OCH3 is 1. The first-order chi connectivity index (χ1) is 8.63. The molecule has 0 fully saturated rings. The Kier molecular flexibility index (Phi) is 3.22. The summed E-state index contributed by atoms with van der Waals surface area (Å²) in [7, 11) is 1.27. The van der Waals surface area contributed by atoms with E-state index in [0.29, 0.717) is 12.2 Å². The molecule has 1 atom stereocenters. The third kappa shape index (κ3) is 2.15. The molecule has 1 heterocycles. The van der Waals surface area contributed by atoms with Crippen LogP contribution in [0.1, 0.15) is 0 Å². The fourth-order valence-corrected chi connectivity index (χ4v) is 1.67. The number of aliphatic imine (C=N–C) groups is 1. The molecule has 1 amide bonds. The largest absolute Gasteiger partial charge is 0.504 e. The molecule has 7 nitrogen and oxygen atoms in total. The summed E-state index contributed by atoms with van der Waals surface area (Å²) in [4.78, 5) is 17.0. The van der Waals surface area contributed by atoms with Crippen molar-refractivity contribution in [2.24, 2.45) is 4.99 Å². The van der Waals surface area contributed by atoms with Crippen molar-refractivity contribution < 1.29 is 19.7 Å². The van der Waals surface area contributed by atoms with Gasteiger partial charge in [-0.3, -0.25) is 9.89 Å². The van der Waals surface area contributed by atoms with E-state index in [-0.39, 0.29) is 17.7 Å². The summed E-state index contributed by atoms with van der Waals surface area (Å²) in [5, 5.41) is 21.6. The lowest BCUT2D eigenvalue weighted by Crippen LogP contribution is -2.48. The van der Waals surface area contributed by atoms with Gasteiger partial charge in [0.2, 0.25) is 0 Å². The molecule has 1 aliphatic rings. The van der Waals surface area contributed by atoms with Gasteiger partial charge in [-0.2, -0.15) is 0 Å². The number of amides is 1. The number of ether oxygens (including phenoxy) is 1. The maximum atomic E-state index is 11.8. The van der Waals surface area contributed by atoms with E-state index in [4.69, 9.17) is 4.74 Å². The molecule has 1 unspecified atom stereocenters. The van der Waals surface area contributed by atoms with Crippen LogP contribution in [0.15, 0.2) is 23.2 Å². The van der Waals surface area contributed by atoms with E-state index in [1.54, 1.807) is 0 Å². The second-order valence-electron chi connectivity index (χ2n) is 3.69. The van der Waals surface area contributed by atoms with Crippen molar-refractivity contribution in [2.45, 2.75) is 6.17 Å². The molecule has 0 radical (unpaired) electrons. The summed E-state index contributed by atoms with van der Waals surface area (Å²) in [6.45, 7) is 0.386. The highest BCUT2D eigenvalue weighted by Crippen LogP contribution is 2.30. The Labute approximate surface area is 103 Å². The maximum absolute atomic E-state index is 11.8. The van der Waals surface area contributed by atoms with E-state index in [2.05, 4.69) is 10.3 Å². The first kappa shape index (κ1) is 12.0. The van der Waals surface area contributed by atoms with Crippen LogP contribution in [-0.2, 0) is 4.74 Å². The standard InChI is InChI=1S/C11H13N3O4/c1-18-11(17)14(10-5-12-6-13-10)7-2-3-8(15)9(16)4-7/h2-4,6,10,15-16H,5H2,1H3,(H,12,13). The van der Waals surface area contributed by atoms with Crippen LogP contribution in [0.3, 0.4) is 0 Å². The molecule has 0 bridgehead atoms. The van der Waals surface area contributed by atoms with Crippen LogP contribution < -0.4 is 10.2 Å². The average molecular weight is 251 g/mol. The zero-order valence-corrected chi connectivity index (χ0v) is 9.70. The van der Waals surface area contributed by atoms with Gasteiger partial charge in [-0.05, 0) is 12.1 Å². The molecule has 7 heteroatoms. The zero-order valence-electron chi connectivity index (χ0n) is 9.70. The molecule has 0 spiro atoms. The Balaban J connectivity index is 2.33. The van der Waals surface area contributed by atoms with Gasteiger partial charge in [-0.1, -0.05) is 0 Å². The number of nitrogens with one attached hydrogen (secondary N) is 1. The first-order valence-corrected chi connectivity index (χ1v) is 5.27. The van der Waals surface area contributed by atoms with Crippen molar-refractivity contribution in [3.8, 4) is 11.5 Å². The van der Waals surface area contributed by atoms with Gasteiger partial charge in [0, 0.05) is 6.07 Å². The molecular formula is C11H13N3O4. The predicted molar refractivity (Wildman–Crippen MR) is 64.9 cm³/mol. The number of hydrogen-bond acceptors (Lipinski definition) is 6. The molecule has 1 aromatic rings. The summed E-state index contributed by atoms with van der Waals surface area (Å²) in [5.74, 6) is -0.556. The minimum absolute atomic E-state index is 0.251. The quantitative estimate of drug-likeness (QED) is 0.670. The monoisotopic (exact) mass is 251 g/mol. The van der Waals surface area contributed by atoms with Gasteiger partial charge in [0.1, 0.15) is 6.17 Å². The van der Waals surface area contributed by atoms with Crippen LogP contribution >= 0.6 is 0 Å². The second-order valence-corrected chi connectivity index (χ2v) is 3.69. The normalized spacial score (nSPS) is 17.3. The van der Waals surface area contributed by atoms with Crippen molar-refractivity contribution in [1.29, 1.82) is 0 Å². The molecule has 96 valence electrons. The van der Waals surface area contributed by atoms with E-state index in [1.807, 2.05) is 0 Å². The van der Waals surface area contributed by atoms with E-state index >= 15 is 0 Å². The smallest absolute Gasteiger partial charge is 0.415 e. The van der Waals surface area contributed by atoms with Crippen LogP contribution in [0.25, 0.3) is 0 Å². The number of hydrogen-bond donors (Lipinski definition) is 3. The van der Waals surface area contributed by atoms with Crippen LogP contribution in [0.4, 0.5) is 10.5 Å². The molecule has 0 saturated heterocycles. The first-order valence-electron chi connectivity index (χ1n) is 5.27. The zero-order chi connectivity index (χ0) is 13.1. The second kappa shape index (κ2) is 4.82. The fraction of sp³-hybridized carbons (Fsp3) is 0.273. The highest BCUT2D eigenvalue weighted by molar-refractivity contribution is 5.89. The minimum atomic E-state index is -0.580. The predicted octanol–water partition coefficient (Wildman–Crippen LogP) is 0.628. The van der Waals surface area contributed by atoms with E-state index in [0.717, 1.165) is 0 Å². The number of nitrogens with zero attached hydrogens (tertiary/aromatic N) is 2. The van der Waals surface area contributed by atoms with E-state index in [1.165, 1.54) is 36.5 Å². The summed E-state index contributed by atoms with van der Waals surface area (Å²) in [6, 6.07) is 4.09. The Morgan fingerprint density at radius 1 is 1.50 bits per heavy atom. The average Bonchev–Trinajstić information content (AvgIpc) is 2.87. The molecule has 1 aliphatic heterocycles. The highest BCUT2D eigenvalue weighted by Gasteiger charge is 2.27. The lowest BCUT2D eigenvalue weighted by molar-refractivity contribution is 0.176. The topological polar surface area (TPSA) is 94.4 Å². The van der Waals surface area contributed by atoms with Crippen LogP contribution in [0.5, 0.6) is 11.5 Å². The number of anilines is 1. The molecule has 0 saturated carbocycles. The van der Waals surface area contributed by atoms with E-state index in [9.17, 15) is 15.0 Å². The van der Waals surface area contributed by atoms with Gasteiger partial charge in [-0.15, -0.1) is 0 Å². The van der Waals surface area contributed by atoms with Crippen LogP contribution in [0.2, 0.25) is 0 Å². The van der Waals surface area contributed by atoms with Crippen molar-refractivity contribution in [2.75, 3.05) is 18.6 Å². The van der Waals surface area contributed by atoms with Gasteiger partial charge in [-0.25, -0.2) is 4.79 Å². The van der Waals surface area contributed by atoms with Crippen molar-refractivity contribution in [1.82, 2.24) is 5.32 Å². The lowest BCUT2D eigenvalue weighted by atomic mass is 10.2. The number of carbonyl (C=O) groups is 1. The van der Waals surface area contributed by atoms with Gasteiger partial charge < -0.3 is 20.3 Å². The van der Waals surface area contributed by atoms with Gasteiger partial charge >= 0.3 is 6.09 Å². The Bertz CT molecular complexity index is 481. The number of rotatable bonds is 2. The molecule has 3 N–H and O–H groups in total. The molecular weight excluding hydrogens is 238 g/mol. The van der Waals surface area contributed by atoms with Crippen LogP contribution in [0, 0.1) is 0 Å². The third-order valence-electron chi connectivity index (χ3n) is 2.56. The maximum Gasteiger partial charge on any atom is 0.415 e. The number of aromatic hydroxyl groups is 2. The Morgan fingerprint density at radius 2 is 2.28 bits per heavy atom. The SMILES string of the molecule is COC(=O)N(c1ccc(O)c(O)c1)C1CN=CN1. The van der Waals surface area contributed by atoms with E-state index < -0.39 is 6.09 Å². The highest BCUT2D eigenvalue weighted by atomic mass is 16.5. The summed E-state index contributed by atoms with van der Waals surface area (Å²) in [6.07, 6.45) is 0.547. The molecule has 18 heavy (non-hydrogen) atoms. The van der Waals surface area contributed by atoms with Crippen molar-refractivity contribution in [3.05, 3.63) is 18.2 Å². The summed E-state index contributed by atoms with van der Waals surface area (Å²) >= 11 is 0. The van der Waals surface area contributed by atoms with Gasteiger partial charge in [0.05, 0.1) is 25.7 Å². The Morgan fingerprint density at radius 3 is 2.83 bits per heavy atom. The molecule has 2 rings (SSSR count). The molecule has 1 aromatic carbocycles. The third-order valence-corrected chi connectivity index (χ3v) is 2.56. The van der Waals surface area contributed by atoms with Crippen LogP contribution in [-0.4, -0.2) is 42.5 Å². The summed E-state index contributed by atoms with van der Waals surface area (Å²) in [5.41, 5.74) is 0.403. The number of carbonyl (C=O) groups excluding carboxylic acids is 1. The fourth-order valence-electron chi connectivity index (χ4n) is 1.67. The molecule has 0 aliphatic carbocycles. The van der Waals surface area contributed by atoms with Gasteiger partial charge in [0.15, 0.2) is 11.5 Å². The van der Waals surface area contributed by atoms with Crippen molar-refractivity contribution in [3.63, 3.8) is 0 Å². The number of phenols is 2. The summed E-state index contributed by atoms with van der Waals surface area (Å²) < 4.78 is 4.70.